The molecule has 0 amide bonds. The fourth-order valence-corrected chi connectivity index (χ4v) is 3.69. The second-order valence-electron chi connectivity index (χ2n) is 4.35. The molecule has 1 atom stereocenters. The predicted octanol–water partition coefficient (Wildman–Crippen LogP) is 3.03. The zero-order valence-corrected chi connectivity index (χ0v) is 15.1. The molecule has 0 aliphatic rings. The molecule has 0 saturated heterocycles. The van der Waals surface area contributed by atoms with Gasteiger partial charge in [0.05, 0.1) is 3.57 Å². The first kappa shape index (κ1) is 16.9. The topological polar surface area (TPSA) is 64.5 Å². The molecule has 0 spiro atoms. The highest BCUT2D eigenvalue weighted by molar-refractivity contribution is 14.1. The molecule has 0 heterocycles. The molecule has 21 heavy (non-hydrogen) atoms. The van der Waals surface area contributed by atoms with Gasteiger partial charge in [-0.05, 0) is 75.0 Å². The monoisotopic (exact) mass is 514 g/mol. The number of aromatic hydroxyl groups is 1. The molecule has 112 valence electrons. The van der Waals surface area contributed by atoms with Crippen LogP contribution in [0.25, 0.3) is 0 Å². The lowest BCUT2D eigenvalue weighted by atomic mass is 10.2. The highest BCUT2D eigenvalue weighted by atomic mass is 127. The summed E-state index contributed by atoms with van der Waals surface area (Å²) in [6, 6.07) is 9.31. The van der Waals surface area contributed by atoms with Crippen LogP contribution >= 0.6 is 45.2 Å². The van der Waals surface area contributed by atoms with Crippen LogP contribution < -0.4 is 10.9 Å². The molecule has 2 rings (SSSR count). The molecule has 0 bridgehead atoms. The number of phenols is 1. The quantitative estimate of drug-likeness (QED) is 0.282. The Morgan fingerprint density at radius 2 is 1.81 bits per heavy atom. The van der Waals surface area contributed by atoms with Gasteiger partial charge in [-0.25, -0.2) is 9.82 Å². The Morgan fingerprint density at radius 1 is 1.14 bits per heavy atom. The minimum atomic E-state index is -0.963. The van der Waals surface area contributed by atoms with Crippen LogP contribution in [-0.2, 0) is 6.54 Å². The molecule has 2 aromatic rings. The van der Waals surface area contributed by atoms with E-state index in [4.69, 9.17) is 0 Å². The third kappa shape index (κ3) is 4.74. The van der Waals surface area contributed by atoms with Gasteiger partial charge in [0.15, 0.2) is 0 Å². The number of hydrogen-bond acceptors (Lipinski definition) is 4. The average molecular weight is 514 g/mol. The fourth-order valence-electron chi connectivity index (χ4n) is 1.73. The lowest BCUT2D eigenvalue weighted by Gasteiger charge is -2.15. The van der Waals surface area contributed by atoms with Gasteiger partial charge in [-0.1, -0.05) is 12.1 Å². The van der Waals surface area contributed by atoms with Gasteiger partial charge in [0.2, 0.25) is 0 Å². The van der Waals surface area contributed by atoms with E-state index in [1.54, 1.807) is 0 Å². The van der Waals surface area contributed by atoms with E-state index in [0.717, 1.165) is 12.7 Å². The second-order valence-corrected chi connectivity index (χ2v) is 6.76. The van der Waals surface area contributed by atoms with Gasteiger partial charge in [0, 0.05) is 15.7 Å². The van der Waals surface area contributed by atoms with Crippen molar-refractivity contribution in [3.8, 4) is 5.75 Å². The van der Waals surface area contributed by atoms with Crippen LogP contribution in [0.5, 0.6) is 5.75 Å². The van der Waals surface area contributed by atoms with Gasteiger partial charge in [-0.15, -0.1) is 0 Å². The molecule has 2 aromatic carbocycles. The lowest BCUT2D eigenvalue weighted by molar-refractivity contribution is 0.119. The lowest BCUT2D eigenvalue weighted by Crippen LogP contribution is -2.34. The third-order valence-electron chi connectivity index (χ3n) is 2.81. The Labute approximate surface area is 149 Å². The number of aliphatic hydroxyl groups is 1. The highest BCUT2D eigenvalue weighted by Gasteiger charge is 2.09. The van der Waals surface area contributed by atoms with Crippen LogP contribution in [0.1, 0.15) is 17.4 Å². The zero-order valence-electron chi connectivity index (χ0n) is 10.8. The van der Waals surface area contributed by atoms with Crippen LogP contribution in [0.2, 0.25) is 0 Å². The number of nitrogens with one attached hydrogen (secondary N) is 2. The van der Waals surface area contributed by atoms with E-state index in [9.17, 15) is 14.6 Å². The molecule has 0 radical (unpaired) electrons. The zero-order chi connectivity index (χ0) is 15.4. The number of benzene rings is 2. The Morgan fingerprint density at radius 3 is 2.48 bits per heavy atom. The van der Waals surface area contributed by atoms with E-state index in [1.807, 2.05) is 12.1 Å². The SMILES string of the molecule is Oc1c(I)cc(I)cc1CNNC(O)c1ccc(F)cc1. The van der Waals surface area contributed by atoms with E-state index in [1.165, 1.54) is 24.3 Å². The maximum atomic E-state index is 12.8. The highest BCUT2D eigenvalue weighted by Crippen LogP contribution is 2.26. The molecule has 0 fully saturated rings. The molecule has 1 unspecified atom stereocenters. The van der Waals surface area contributed by atoms with Gasteiger partial charge in [0.1, 0.15) is 17.8 Å². The summed E-state index contributed by atoms with van der Waals surface area (Å²) in [5.74, 6) is -0.126. The smallest absolute Gasteiger partial charge is 0.143 e. The third-order valence-corrected chi connectivity index (χ3v) is 4.26. The van der Waals surface area contributed by atoms with Crippen molar-refractivity contribution in [1.29, 1.82) is 0 Å². The summed E-state index contributed by atoms with van der Waals surface area (Å²) < 4.78 is 14.6. The summed E-state index contributed by atoms with van der Waals surface area (Å²) in [4.78, 5) is 0. The number of halogens is 3. The summed E-state index contributed by atoms with van der Waals surface area (Å²) in [5, 5.41) is 19.9. The minimum Gasteiger partial charge on any atom is -0.507 e. The normalized spacial score (nSPS) is 12.4. The van der Waals surface area contributed by atoms with Crippen LogP contribution in [-0.4, -0.2) is 10.2 Å². The predicted molar refractivity (Wildman–Crippen MR) is 94.9 cm³/mol. The van der Waals surface area contributed by atoms with Gasteiger partial charge in [0.25, 0.3) is 0 Å². The Hall–Kier alpha value is -0.490. The van der Waals surface area contributed by atoms with E-state index in [2.05, 4.69) is 56.0 Å². The summed E-state index contributed by atoms with van der Waals surface area (Å²) in [6.45, 7) is 0.344. The Balaban J connectivity index is 1.94. The summed E-state index contributed by atoms with van der Waals surface area (Å²) >= 11 is 4.24. The van der Waals surface area contributed by atoms with Crippen molar-refractivity contribution < 1.29 is 14.6 Å². The van der Waals surface area contributed by atoms with E-state index < -0.39 is 6.23 Å². The van der Waals surface area contributed by atoms with Crippen LogP contribution in [0.4, 0.5) is 4.39 Å². The van der Waals surface area contributed by atoms with Crippen molar-refractivity contribution >= 4 is 45.2 Å². The standard InChI is InChI=1S/C14H13FI2N2O2/c15-10-3-1-8(2-4-10)14(21)19-18-7-9-5-11(16)6-12(17)13(9)20/h1-6,14,18-21H,7H2. The molecule has 0 saturated carbocycles. The summed E-state index contributed by atoms with van der Waals surface area (Å²) in [7, 11) is 0. The first-order valence-electron chi connectivity index (χ1n) is 6.06. The van der Waals surface area contributed by atoms with Crippen molar-refractivity contribution in [2.75, 3.05) is 0 Å². The van der Waals surface area contributed by atoms with E-state index in [-0.39, 0.29) is 11.6 Å². The number of hydrazine groups is 1. The van der Waals surface area contributed by atoms with Gasteiger partial charge >= 0.3 is 0 Å². The molecular formula is C14H13FI2N2O2. The van der Waals surface area contributed by atoms with Crippen molar-refractivity contribution in [3.05, 3.63) is 60.5 Å². The van der Waals surface area contributed by atoms with Crippen LogP contribution in [0.15, 0.2) is 36.4 Å². The Bertz CT molecular complexity index is 623. The molecule has 4 N–H and O–H groups in total. The maximum absolute atomic E-state index is 12.8. The van der Waals surface area contributed by atoms with Crippen molar-refractivity contribution in [2.45, 2.75) is 12.8 Å². The number of rotatable bonds is 5. The fraction of sp³-hybridized carbons (Fsp3) is 0.143. The van der Waals surface area contributed by atoms with Gasteiger partial charge < -0.3 is 10.2 Å². The Kier molecular flexibility index (Phi) is 6.17. The molecular weight excluding hydrogens is 501 g/mol. The molecule has 7 heteroatoms. The van der Waals surface area contributed by atoms with E-state index >= 15 is 0 Å². The number of hydrogen-bond donors (Lipinski definition) is 4. The molecule has 0 aromatic heterocycles. The first-order valence-corrected chi connectivity index (χ1v) is 8.22. The van der Waals surface area contributed by atoms with Crippen molar-refractivity contribution in [1.82, 2.24) is 10.9 Å². The largest absolute Gasteiger partial charge is 0.507 e. The number of aliphatic hydroxyl groups excluding tert-OH is 1. The van der Waals surface area contributed by atoms with Gasteiger partial charge in [-0.3, -0.25) is 5.43 Å². The molecule has 0 aliphatic heterocycles. The van der Waals surface area contributed by atoms with Gasteiger partial charge in [-0.2, -0.15) is 0 Å². The first-order chi connectivity index (χ1) is 9.97. The second kappa shape index (κ2) is 7.68. The molecule has 4 nitrogen and oxygen atoms in total. The van der Waals surface area contributed by atoms with Crippen molar-refractivity contribution in [2.24, 2.45) is 0 Å². The molecule has 0 aliphatic carbocycles. The summed E-state index contributed by atoms with van der Waals surface area (Å²) in [6.07, 6.45) is -0.963. The number of phenolic OH excluding ortho intramolecular Hbond substituents is 1. The maximum Gasteiger partial charge on any atom is 0.143 e. The minimum absolute atomic E-state index is 0.224. The average Bonchev–Trinajstić information content (AvgIpc) is 2.44. The van der Waals surface area contributed by atoms with Crippen LogP contribution in [0, 0.1) is 13.0 Å². The van der Waals surface area contributed by atoms with E-state index in [0.29, 0.717) is 12.1 Å². The van der Waals surface area contributed by atoms with Crippen LogP contribution in [0.3, 0.4) is 0 Å². The summed E-state index contributed by atoms with van der Waals surface area (Å²) in [5.41, 5.74) is 6.82. The van der Waals surface area contributed by atoms with Crippen molar-refractivity contribution in [3.63, 3.8) is 0 Å².